The van der Waals surface area contributed by atoms with E-state index in [0.717, 1.165) is 38.5 Å². The lowest BCUT2D eigenvalue weighted by atomic mass is 10.0. The predicted octanol–water partition coefficient (Wildman–Crippen LogP) is 11.3. The van der Waals surface area contributed by atoms with E-state index in [2.05, 4.69) is 91.8 Å². The molecule has 0 saturated carbocycles. The first-order chi connectivity index (χ1) is 17.1. The molecule has 36 heavy (non-hydrogen) atoms. The Morgan fingerprint density at radius 3 is 0.806 bits per heavy atom. The van der Waals surface area contributed by atoms with Gasteiger partial charge in [-0.25, -0.2) is 0 Å². The van der Waals surface area contributed by atoms with Gasteiger partial charge in [0.05, 0.1) is 6.61 Å². The normalized spacial score (nSPS) is 14.5. The van der Waals surface area contributed by atoms with E-state index in [1.807, 2.05) is 6.08 Å². The third-order valence-electron chi connectivity index (χ3n) is 6.69. The van der Waals surface area contributed by atoms with Crippen LogP contribution in [0.15, 0.2) is 81.5 Å². The molecular weight excluding hydrogens is 436 g/mol. The van der Waals surface area contributed by atoms with Crippen molar-refractivity contribution in [3.63, 3.8) is 0 Å². The van der Waals surface area contributed by atoms with Crippen molar-refractivity contribution in [1.82, 2.24) is 0 Å². The zero-order valence-electron chi connectivity index (χ0n) is 25.2. The zero-order valence-corrected chi connectivity index (χ0v) is 25.2. The van der Waals surface area contributed by atoms with Crippen LogP contribution >= 0.6 is 0 Å². The quantitative estimate of drug-likeness (QED) is 0.177. The van der Waals surface area contributed by atoms with Crippen LogP contribution in [0.25, 0.3) is 0 Å². The smallest absolute Gasteiger partial charge is 0.0614 e. The number of rotatable bonds is 19. The molecule has 0 aromatic carbocycles. The van der Waals surface area contributed by atoms with Crippen molar-refractivity contribution in [1.29, 1.82) is 0 Å². The van der Waals surface area contributed by atoms with E-state index in [0.29, 0.717) is 0 Å². The number of aliphatic hydroxyl groups excluding tert-OH is 1. The third kappa shape index (κ3) is 22.6. The average molecular weight is 495 g/mol. The molecule has 0 aliphatic rings. The molecule has 0 radical (unpaired) electrons. The van der Waals surface area contributed by atoms with Crippen LogP contribution in [0, 0.1) is 0 Å². The van der Waals surface area contributed by atoms with Gasteiger partial charge in [0.15, 0.2) is 0 Å². The second-order valence-electron chi connectivity index (χ2n) is 11.0. The molecule has 0 spiro atoms. The molecule has 0 aliphatic carbocycles. The van der Waals surface area contributed by atoms with Gasteiger partial charge < -0.3 is 5.11 Å². The minimum absolute atomic E-state index is 0.152. The second kappa shape index (κ2) is 22.3. The van der Waals surface area contributed by atoms with E-state index in [1.54, 1.807) is 0 Å². The Morgan fingerprint density at radius 2 is 0.583 bits per heavy atom. The van der Waals surface area contributed by atoms with Gasteiger partial charge in [-0.1, -0.05) is 81.5 Å². The van der Waals surface area contributed by atoms with Crippen molar-refractivity contribution in [2.45, 2.75) is 132 Å². The minimum atomic E-state index is 0.152. The van der Waals surface area contributed by atoms with Crippen molar-refractivity contribution in [2.75, 3.05) is 6.61 Å². The number of allylic oxidation sites excluding steroid dienone is 13. The Hall–Kier alpha value is -1.86. The van der Waals surface area contributed by atoms with Crippen LogP contribution in [0.5, 0.6) is 0 Å². The van der Waals surface area contributed by atoms with E-state index >= 15 is 0 Å². The summed E-state index contributed by atoms with van der Waals surface area (Å²) >= 11 is 0. The summed E-state index contributed by atoms with van der Waals surface area (Å²) in [6, 6.07) is 0. The van der Waals surface area contributed by atoms with Gasteiger partial charge in [-0.3, -0.25) is 0 Å². The first kappa shape index (κ1) is 34.1. The molecule has 0 unspecified atom stereocenters. The molecule has 0 atom stereocenters. The Morgan fingerprint density at radius 1 is 0.361 bits per heavy atom. The summed E-state index contributed by atoms with van der Waals surface area (Å²) in [7, 11) is 0. The number of hydrogen-bond donors (Lipinski definition) is 1. The molecule has 0 aromatic rings. The van der Waals surface area contributed by atoms with Gasteiger partial charge in [0.1, 0.15) is 0 Å². The highest BCUT2D eigenvalue weighted by Crippen LogP contribution is 2.16. The van der Waals surface area contributed by atoms with Gasteiger partial charge in [0.2, 0.25) is 0 Å². The number of aliphatic hydroxyl groups is 1. The van der Waals surface area contributed by atoms with Gasteiger partial charge in [-0.2, -0.15) is 0 Å². The van der Waals surface area contributed by atoms with Crippen LogP contribution in [0.1, 0.15) is 132 Å². The van der Waals surface area contributed by atoms with Gasteiger partial charge in [0, 0.05) is 0 Å². The van der Waals surface area contributed by atoms with Crippen LogP contribution < -0.4 is 0 Å². The first-order valence-corrected chi connectivity index (χ1v) is 14.3. The highest BCUT2D eigenvalue weighted by Gasteiger charge is 1.96. The van der Waals surface area contributed by atoms with Crippen molar-refractivity contribution < 1.29 is 5.11 Å². The molecule has 0 heterocycles. The summed E-state index contributed by atoms with van der Waals surface area (Å²) in [4.78, 5) is 0. The summed E-state index contributed by atoms with van der Waals surface area (Å²) in [6.45, 7) is 17.9. The van der Waals surface area contributed by atoms with E-state index < -0.39 is 0 Å². The SMILES string of the molecule is CC(C)=CCCC(C)=CCCC(C)=CCC/C(C)=C/CC/C(C)=C/CCC(C)=CCC/C(C)=C/CO. The minimum Gasteiger partial charge on any atom is -0.392 e. The van der Waals surface area contributed by atoms with Crippen molar-refractivity contribution in [2.24, 2.45) is 0 Å². The van der Waals surface area contributed by atoms with Crippen LogP contribution in [0.2, 0.25) is 0 Å². The van der Waals surface area contributed by atoms with Gasteiger partial charge in [-0.05, 0) is 132 Å². The summed E-state index contributed by atoms with van der Waals surface area (Å²) in [5.41, 5.74) is 10.2. The molecular formula is C35H58O. The summed E-state index contributed by atoms with van der Waals surface area (Å²) in [5, 5.41) is 8.93. The van der Waals surface area contributed by atoms with Gasteiger partial charge in [0.25, 0.3) is 0 Å². The van der Waals surface area contributed by atoms with Crippen molar-refractivity contribution in [3.05, 3.63) is 81.5 Å². The van der Waals surface area contributed by atoms with Crippen LogP contribution in [-0.2, 0) is 0 Å². The Balaban J connectivity index is 4.14. The largest absolute Gasteiger partial charge is 0.392 e. The van der Waals surface area contributed by atoms with E-state index in [9.17, 15) is 0 Å². The molecule has 0 rings (SSSR count). The van der Waals surface area contributed by atoms with Gasteiger partial charge >= 0.3 is 0 Å². The molecule has 0 amide bonds. The van der Waals surface area contributed by atoms with E-state index in [1.165, 1.54) is 77.5 Å². The van der Waals surface area contributed by atoms with Crippen LogP contribution in [-0.4, -0.2) is 11.7 Å². The topological polar surface area (TPSA) is 20.2 Å². The molecule has 0 aromatic heterocycles. The molecule has 0 saturated heterocycles. The highest BCUT2D eigenvalue weighted by molar-refractivity contribution is 5.09. The molecule has 0 bridgehead atoms. The lowest BCUT2D eigenvalue weighted by molar-refractivity contribution is 0.341. The van der Waals surface area contributed by atoms with Gasteiger partial charge in [-0.15, -0.1) is 0 Å². The fourth-order valence-corrected chi connectivity index (χ4v) is 4.09. The average Bonchev–Trinajstić information content (AvgIpc) is 2.79. The van der Waals surface area contributed by atoms with Crippen molar-refractivity contribution >= 4 is 0 Å². The van der Waals surface area contributed by atoms with E-state index in [-0.39, 0.29) is 6.61 Å². The maximum atomic E-state index is 8.93. The van der Waals surface area contributed by atoms with Crippen LogP contribution in [0.4, 0.5) is 0 Å². The Labute approximate surface area is 225 Å². The lowest BCUT2D eigenvalue weighted by Crippen LogP contribution is -1.84. The molecule has 0 aliphatic heterocycles. The standard InChI is InChI=1S/C35H58O/c1-29(2)15-9-16-30(3)17-10-18-31(4)19-11-20-32(5)21-12-22-33(6)23-13-24-34(7)25-14-26-35(8)27-28-36/h15,17,19,21,23,25,27,36H,9-14,16,18,20,22,24,26,28H2,1-8H3/b30-17?,31-19?,32-21+,33-23+,34-25?,35-27+. The summed E-state index contributed by atoms with van der Waals surface area (Å²) < 4.78 is 0. The second-order valence-corrected chi connectivity index (χ2v) is 11.0. The highest BCUT2D eigenvalue weighted by atomic mass is 16.2. The monoisotopic (exact) mass is 494 g/mol. The van der Waals surface area contributed by atoms with Crippen LogP contribution in [0.3, 0.4) is 0 Å². The predicted molar refractivity (Wildman–Crippen MR) is 164 cm³/mol. The van der Waals surface area contributed by atoms with Crippen molar-refractivity contribution in [3.8, 4) is 0 Å². The Bertz CT molecular complexity index is 804. The first-order valence-electron chi connectivity index (χ1n) is 14.3. The molecule has 0 fully saturated rings. The molecule has 1 nitrogen and oxygen atoms in total. The lowest BCUT2D eigenvalue weighted by Gasteiger charge is -2.04. The summed E-state index contributed by atoms with van der Waals surface area (Å²) in [5.74, 6) is 0. The molecule has 1 heteroatoms. The Kier molecular flexibility index (Phi) is 21.2. The molecule has 1 N–H and O–H groups in total. The number of hydrogen-bond acceptors (Lipinski definition) is 1. The summed E-state index contributed by atoms with van der Waals surface area (Å²) in [6.07, 6.45) is 30.1. The fraction of sp³-hybridized carbons (Fsp3) is 0.600. The third-order valence-corrected chi connectivity index (χ3v) is 6.69. The maximum Gasteiger partial charge on any atom is 0.0614 e. The molecule has 204 valence electrons. The zero-order chi connectivity index (χ0) is 27.2. The van der Waals surface area contributed by atoms with E-state index in [4.69, 9.17) is 5.11 Å². The fourth-order valence-electron chi connectivity index (χ4n) is 4.09. The maximum absolute atomic E-state index is 8.93.